The van der Waals surface area contributed by atoms with Crippen LogP contribution in [0.2, 0.25) is 0 Å². The summed E-state index contributed by atoms with van der Waals surface area (Å²) in [6, 6.07) is 49.1. The summed E-state index contributed by atoms with van der Waals surface area (Å²) in [6.45, 7) is 38.8. The van der Waals surface area contributed by atoms with Gasteiger partial charge in [-0.05, 0) is 152 Å². The molecule has 0 amide bonds. The molecule has 7 aromatic carbocycles. The van der Waals surface area contributed by atoms with Gasteiger partial charge in [0.2, 0.25) is 6.71 Å². The monoisotopic (exact) mass is 958 g/mol. The standard InChI is InChI=1S/C69H76BN3/c1-63(2,3)41-24-28-46(29-25-41)73-57-40-50-53(39-51(57)68(15)32-20-21-33-69(68,73)16)70-54-38-48-47-34-42(64(4,5)6)26-30-55(47)71(45-22-18-17-19-23-45)61(48)59-49-35-43(65(7,8)9)27-31-56(49)72(62(54)59)58-37-44(66(10,11)12)36-52(60(58)70)67(50,13)14/h17-19,22-31,34-40H,20-21,32-33H2,1-16H3. The maximum Gasteiger partial charge on any atom is 0.247 e. The molecule has 4 aliphatic rings. The van der Waals surface area contributed by atoms with E-state index in [9.17, 15) is 0 Å². The predicted molar refractivity (Wildman–Crippen MR) is 316 cm³/mol. The van der Waals surface area contributed by atoms with Gasteiger partial charge in [0.1, 0.15) is 0 Å². The number of hydrogen-bond acceptors (Lipinski definition) is 1. The minimum atomic E-state index is -0.280. The van der Waals surface area contributed by atoms with Crippen molar-refractivity contribution in [1.29, 1.82) is 0 Å². The van der Waals surface area contributed by atoms with Crippen molar-refractivity contribution >= 4 is 78.1 Å². The fraction of sp³-hybridized carbons (Fsp3) is 0.391. The van der Waals surface area contributed by atoms with Gasteiger partial charge in [0.05, 0.1) is 27.6 Å². The van der Waals surface area contributed by atoms with Crippen molar-refractivity contribution < 1.29 is 0 Å². The number of nitrogens with zero attached hydrogens (tertiary/aromatic N) is 3. The third kappa shape index (κ3) is 6.25. The number of aromatic nitrogens is 2. The summed E-state index contributed by atoms with van der Waals surface area (Å²) in [7, 11) is 0. The van der Waals surface area contributed by atoms with E-state index in [1.807, 2.05) is 0 Å². The SMILES string of the molecule is CC(C)(C)c1ccc(N2c3cc4c(cc3C3(C)CCCCC23C)B2c3c(cc(C(C)(C)C)cc3C4(C)C)-n3c4ccc(C(C)(C)C)cc4c4c3c2cc2c3cc(C(C)(C)C)ccc3n(-c3ccccc3)c24)cc1. The van der Waals surface area contributed by atoms with Gasteiger partial charge in [-0.15, -0.1) is 0 Å². The van der Waals surface area contributed by atoms with Crippen LogP contribution in [0.5, 0.6) is 0 Å². The lowest BCUT2D eigenvalue weighted by Gasteiger charge is -2.50. The second-order valence-corrected chi connectivity index (χ2v) is 28.2. The van der Waals surface area contributed by atoms with Crippen LogP contribution in [0.15, 0.2) is 121 Å². The first kappa shape index (κ1) is 46.8. The van der Waals surface area contributed by atoms with Crippen LogP contribution in [0.25, 0.3) is 55.0 Å². The molecule has 3 nitrogen and oxygen atoms in total. The zero-order valence-electron chi connectivity index (χ0n) is 46.8. The Morgan fingerprint density at radius 1 is 0.438 bits per heavy atom. The summed E-state index contributed by atoms with van der Waals surface area (Å²) in [5, 5.41) is 5.37. The highest BCUT2D eigenvalue weighted by atomic mass is 15.3. The Hall–Kier alpha value is -6.00. The van der Waals surface area contributed by atoms with Crippen LogP contribution < -0.4 is 21.3 Å². The van der Waals surface area contributed by atoms with Gasteiger partial charge < -0.3 is 14.0 Å². The van der Waals surface area contributed by atoms with Crippen molar-refractivity contribution in [2.45, 2.75) is 174 Å². The number of fused-ring (bicyclic) bond motifs is 14. The molecule has 0 N–H and O–H groups in total. The van der Waals surface area contributed by atoms with Crippen LogP contribution in [0.3, 0.4) is 0 Å². The number of anilines is 2. The molecule has 3 aliphatic heterocycles. The molecule has 9 aromatic rings. The summed E-state index contributed by atoms with van der Waals surface area (Å²) in [5.74, 6) is 0. The maximum absolute atomic E-state index is 2.82. The topological polar surface area (TPSA) is 13.1 Å². The van der Waals surface area contributed by atoms with Gasteiger partial charge in [-0.25, -0.2) is 0 Å². The van der Waals surface area contributed by atoms with E-state index in [1.54, 1.807) is 0 Å². The highest BCUT2D eigenvalue weighted by molar-refractivity contribution is 6.99. The van der Waals surface area contributed by atoms with E-state index in [0.29, 0.717) is 0 Å². The molecule has 1 fully saturated rings. The first-order valence-electron chi connectivity index (χ1n) is 27.7. The van der Waals surface area contributed by atoms with Gasteiger partial charge in [0.15, 0.2) is 0 Å². The average molecular weight is 958 g/mol. The molecule has 13 rings (SSSR count). The number of rotatable bonds is 2. The van der Waals surface area contributed by atoms with Gasteiger partial charge in [0.25, 0.3) is 0 Å². The lowest BCUT2D eigenvalue weighted by Crippen LogP contribution is -2.63. The second-order valence-electron chi connectivity index (χ2n) is 28.2. The lowest BCUT2D eigenvalue weighted by atomic mass is 9.30. The normalized spacial score (nSPS) is 20.3. The molecule has 2 atom stereocenters. The average Bonchev–Trinajstić information content (AvgIpc) is 3.91. The van der Waals surface area contributed by atoms with Gasteiger partial charge in [0, 0.05) is 55.1 Å². The van der Waals surface area contributed by atoms with Gasteiger partial charge in [-0.3, -0.25) is 0 Å². The summed E-state index contributed by atoms with van der Waals surface area (Å²) < 4.78 is 5.34. The predicted octanol–water partition coefficient (Wildman–Crippen LogP) is 16.3. The molecule has 1 aliphatic carbocycles. The molecule has 2 unspecified atom stereocenters. The minimum Gasteiger partial charge on any atom is -0.334 e. The molecule has 2 aromatic heterocycles. The highest BCUT2D eigenvalue weighted by Crippen LogP contribution is 2.62. The number of hydrogen-bond donors (Lipinski definition) is 0. The fourth-order valence-electron chi connectivity index (χ4n) is 14.8. The molecule has 0 radical (unpaired) electrons. The molecular formula is C69H76BN3. The van der Waals surface area contributed by atoms with Crippen LogP contribution >= 0.6 is 0 Å². The van der Waals surface area contributed by atoms with Crippen LogP contribution in [-0.4, -0.2) is 21.4 Å². The van der Waals surface area contributed by atoms with Crippen molar-refractivity contribution in [3.63, 3.8) is 0 Å². The van der Waals surface area contributed by atoms with E-state index >= 15 is 0 Å². The van der Waals surface area contributed by atoms with Gasteiger partial charge in [-0.2, -0.15) is 0 Å². The largest absolute Gasteiger partial charge is 0.334 e. The molecule has 73 heavy (non-hydrogen) atoms. The zero-order valence-corrected chi connectivity index (χ0v) is 46.8. The summed E-state index contributed by atoms with van der Waals surface area (Å²) in [5.41, 5.74) is 24.5. The Kier molecular flexibility index (Phi) is 9.38. The molecule has 0 saturated heterocycles. The van der Waals surface area contributed by atoms with Crippen molar-refractivity contribution in [2.75, 3.05) is 4.90 Å². The molecule has 1 saturated carbocycles. The maximum atomic E-state index is 2.82. The molecule has 5 heterocycles. The first-order valence-corrected chi connectivity index (χ1v) is 27.7. The molecule has 0 bridgehead atoms. The second kappa shape index (κ2) is 14.6. The van der Waals surface area contributed by atoms with Crippen LogP contribution in [0.1, 0.15) is 175 Å². The fourth-order valence-corrected chi connectivity index (χ4v) is 14.8. The van der Waals surface area contributed by atoms with Gasteiger partial charge >= 0.3 is 0 Å². The quantitative estimate of drug-likeness (QED) is 0.157. The van der Waals surface area contributed by atoms with E-state index < -0.39 is 0 Å². The summed E-state index contributed by atoms with van der Waals surface area (Å²) >= 11 is 0. The molecule has 0 spiro atoms. The Balaban J connectivity index is 1.21. The third-order valence-corrected chi connectivity index (χ3v) is 19.3. The lowest BCUT2D eigenvalue weighted by molar-refractivity contribution is 0.195. The Morgan fingerprint density at radius 2 is 1.03 bits per heavy atom. The number of benzene rings is 7. The van der Waals surface area contributed by atoms with Crippen LogP contribution in [0.4, 0.5) is 11.4 Å². The summed E-state index contributed by atoms with van der Waals surface area (Å²) in [6.07, 6.45) is 4.87. The molecule has 4 heteroatoms. The van der Waals surface area contributed by atoms with E-state index in [1.165, 1.54) is 147 Å². The van der Waals surface area contributed by atoms with Crippen molar-refractivity contribution in [1.82, 2.24) is 9.13 Å². The van der Waals surface area contributed by atoms with Crippen LogP contribution in [-0.2, 0) is 32.5 Å². The summed E-state index contributed by atoms with van der Waals surface area (Å²) in [4.78, 5) is 2.82. The van der Waals surface area contributed by atoms with Crippen molar-refractivity contribution in [3.8, 4) is 11.4 Å². The van der Waals surface area contributed by atoms with Crippen molar-refractivity contribution in [3.05, 3.63) is 160 Å². The number of para-hydroxylation sites is 1. The van der Waals surface area contributed by atoms with E-state index in [-0.39, 0.29) is 44.7 Å². The van der Waals surface area contributed by atoms with E-state index in [4.69, 9.17) is 0 Å². The minimum absolute atomic E-state index is 0.00945. The van der Waals surface area contributed by atoms with E-state index in [2.05, 4.69) is 246 Å². The first-order chi connectivity index (χ1) is 34.2. The smallest absolute Gasteiger partial charge is 0.247 e. The highest BCUT2D eigenvalue weighted by Gasteiger charge is 2.59. The Labute approximate surface area is 436 Å². The molecular weight excluding hydrogens is 882 g/mol. The third-order valence-electron chi connectivity index (χ3n) is 19.3. The van der Waals surface area contributed by atoms with Crippen molar-refractivity contribution in [2.24, 2.45) is 0 Å². The van der Waals surface area contributed by atoms with Crippen LogP contribution in [0, 0.1) is 0 Å². The molecule has 370 valence electrons. The van der Waals surface area contributed by atoms with Gasteiger partial charge in [-0.1, -0.05) is 183 Å². The van der Waals surface area contributed by atoms with E-state index in [0.717, 1.165) is 0 Å². The Morgan fingerprint density at radius 3 is 1.66 bits per heavy atom. The zero-order chi connectivity index (χ0) is 51.5. The Bertz CT molecular complexity index is 3830.